The molecule has 1 atom stereocenters. The SMILES string of the molecule is COc1ccc(S(=O)(=O)N2CCCC2)cc1NC(=S)N[C@@H](C)CCc1ccccc1. The molecule has 162 valence electrons. The molecule has 1 fully saturated rings. The number of nitrogens with zero attached hydrogens (tertiary/aromatic N) is 1. The summed E-state index contributed by atoms with van der Waals surface area (Å²) in [6.45, 7) is 3.20. The van der Waals surface area contributed by atoms with Crippen LogP contribution in [0.4, 0.5) is 5.69 Å². The summed E-state index contributed by atoms with van der Waals surface area (Å²) in [6.07, 6.45) is 3.67. The molecule has 6 nitrogen and oxygen atoms in total. The van der Waals surface area contributed by atoms with Crippen LogP contribution in [-0.2, 0) is 16.4 Å². The highest BCUT2D eigenvalue weighted by Gasteiger charge is 2.28. The third-order valence-electron chi connectivity index (χ3n) is 5.21. The zero-order chi connectivity index (χ0) is 21.6. The quantitative estimate of drug-likeness (QED) is 0.600. The fraction of sp³-hybridized carbons (Fsp3) is 0.409. The number of nitrogens with one attached hydrogen (secondary N) is 2. The fourth-order valence-corrected chi connectivity index (χ4v) is 5.36. The zero-order valence-corrected chi connectivity index (χ0v) is 19.1. The number of aryl methyl sites for hydroxylation is 1. The molecule has 1 aliphatic heterocycles. The van der Waals surface area contributed by atoms with Gasteiger partial charge in [-0.25, -0.2) is 8.42 Å². The number of rotatable bonds is 8. The first-order valence-corrected chi connectivity index (χ1v) is 12.0. The number of sulfonamides is 1. The maximum atomic E-state index is 12.9. The van der Waals surface area contributed by atoms with Gasteiger partial charge in [-0.05, 0) is 68.6 Å². The van der Waals surface area contributed by atoms with Crippen molar-refractivity contribution in [1.82, 2.24) is 9.62 Å². The molecule has 0 radical (unpaired) electrons. The Kier molecular flexibility index (Phi) is 7.69. The van der Waals surface area contributed by atoms with Crippen molar-refractivity contribution in [3.05, 3.63) is 54.1 Å². The Hall–Kier alpha value is -2.16. The van der Waals surface area contributed by atoms with Gasteiger partial charge in [-0.15, -0.1) is 0 Å². The molecule has 1 saturated heterocycles. The molecular weight excluding hydrogens is 418 g/mol. The van der Waals surface area contributed by atoms with Crippen molar-refractivity contribution in [2.45, 2.75) is 43.5 Å². The van der Waals surface area contributed by atoms with E-state index in [9.17, 15) is 8.42 Å². The second kappa shape index (κ2) is 10.2. The second-order valence-electron chi connectivity index (χ2n) is 7.50. The van der Waals surface area contributed by atoms with Crippen molar-refractivity contribution in [1.29, 1.82) is 0 Å². The van der Waals surface area contributed by atoms with Crippen LogP contribution in [0.5, 0.6) is 5.75 Å². The van der Waals surface area contributed by atoms with Crippen molar-refractivity contribution >= 4 is 33.0 Å². The molecular formula is C22H29N3O3S2. The first kappa shape index (κ1) is 22.5. The number of anilines is 1. The van der Waals surface area contributed by atoms with Gasteiger partial charge in [0.2, 0.25) is 10.0 Å². The Labute approximate surface area is 184 Å². The van der Waals surface area contributed by atoms with E-state index in [0.717, 1.165) is 25.7 Å². The van der Waals surface area contributed by atoms with E-state index >= 15 is 0 Å². The number of thiocarbonyl (C=S) groups is 1. The first-order valence-electron chi connectivity index (χ1n) is 10.2. The van der Waals surface area contributed by atoms with Crippen LogP contribution >= 0.6 is 12.2 Å². The van der Waals surface area contributed by atoms with Crippen molar-refractivity contribution in [2.24, 2.45) is 0 Å². The van der Waals surface area contributed by atoms with Gasteiger partial charge in [0.25, 0.3) is 0 Å². The van der Waals surface area contributed by atoms with E-state index in [1.54, 1.807) is 25.3 Å². The summed E-state index contributed by atoms with van der Waals surface area (Å²) < 4.78 is 32.7. The highest BCUT2D eigenvalue weighted by atomic mass is 32.2. The van der Waals surface area contributed by atoms with E-state index in [4.69, 9.17) is 17.0 Å². The topological polar surface area (TPSA) is 70.7 Å². The summed E-state index contributed by atoms with van der Waals surface area (Å²) in [5.41, 5.74) is 1.82. The minimum Gasteiger partial charge on any atom is -0.495 e. The Bertz CT molecular complexity index is 959. The van der Waals surface area contributed by atoms with Crippen LogP contribution in [0, 0.1) is 0 Å². The molecule has 3 rings (SSSR count). The molecule has 0 bridgehead atoms. The highest BCUT2D eigenvalue weighted by molar-refractivity contribution is 7.89. The maximum absolute atomic E-state index is 12.9. The van der Waals surface area contributed by atoms with Crippen LogP contribution in [0.3, 0.4) is 0 Å². The average molecular weight is 448 g/mol. The van der Waals surface area contributed by atoms with Gasteiger partial charge in [-0.1, -0.05) is 30.3 Å². The molecule has 2 N–H and O–H groups in total. The highest BCUT2D eigenvalue weighted by Crippen LogP contribution is 2.30. The van der Waals surface area contributed by atoms with Gasteiger partial charge >= 0.3 is 0 Å². The molecule has 0 spiro atoms. The third kappa shape index (κ3) is 5.71. The molecule has 2 aromatic rings. The lowest BCUT2D eigenvalue weighted by molar-refractivity contribution is 0.416. The lowest BCUT2D eigenvalue weighted by Gasteiger charge is -2.20. The molecule has 0 aromatic heterocycles. The van der Waals surface area contributed by atoms with Gasteiger partial charge in [0.1, 0.15) is 5.75 Å². The Morgan fingerprint density at radius 1 is 1.17 bits per heavy atom. The summed E-state index contributed by atoms with van der Waals surface area (Å²) in [5.74, 6) is 0.538. The van der Waals surface area contributed by atoms with E-state index in [1.807, 2.05) is 18.2 Å². The Balaban J connectivity index is 1.64. The van der Waals surface area contributed by atoms with E-state index in [-0.39, 0.29) is 10.9 Å². The predicted molar refractivity (Wildman–Crippen MR) is 125 cm³/mol. The third-order valence-corrected chi connectivity index (χ3v) is 7.32. The number of ether oxygens (including phenoxy) is 1. The molecule has 0 amide bonds. The average Bonchev–Trinajstić information content (AvgIpc) is 3.29. The van der Waals surface area contributed by atoms with Crippen LogP contribution in [0.1, 0.15) is 31.7 Å². The molecule has 2 aromatic carbocycles. The predicted octanol–water partition coefficient (Wildman–Crippen LogP) is 3.79. The van der Waals surface area contributed by atoms with E-state index in [2.05, 4.69) is 29.7 Å². The standard InChI is InChI=1S/C22H29N3O3S2/c1-17(10-11-18-8-4-3-5-9-18)23-22(29)24-20-16-19(12-13-21(20)28-2)30(26,27)25-14-6-7-15-25/h3-5,8-9,12-13,16-17H,6-7,10-11,14-15H2,1-2H3,(H2,23,24,29)/t17-/m0/s1. The number of methoxy groups -OCH3 is 1. The van der Waals surface area contributed by atoms with Crippen LogP contribution in [0.15, 0.2) is 53.4 Å². The summed E-state index contributed by atoms with van der Waals surface area (Å²) in [5, 5.41) is 6.81. The molecule has 0 saturated carbocycles. The van der Waals surface area contributed by atoms with Crippen molar-refractivity contribution in [3.63, 3.8) is 0 Å². The lowest BCUT2D eigenvalue weighted by atomic mass is 10.1. The Morgan fingerprint density at radius 2 is 1.87 bits per heavy atom. The number of hydrogen-bond donors (Lipinski definition) is 2. The monoisotopic (exact) mass is 447 g/mol. The van der Waals surface area contributed by atoms with E-state index in [1.165, 1.54) is 9.87 Å². The summed E-state index contributed by atoms with van der Waals surface area (Å²) in [4.78, 5) is 0.243. The normalized spacial score (nSPS) is 15.5. The number of benzene rings is 2. The summed E-state index contributed by atoms with van der Waals surface area (Å²) in [6, 6.07) is 15.3. The van der Waals surface area contributed by atoms with Gasteiger partial charge in [-0.3, -0.25) is 0 Å². The summed E-state index contributed by atoms with van der Waals surface area (Å²) >= 11 is 5.46. The number of hydrogen-bond acceptors (Lipinski definition) is 4. The van der Waals surface area contributed by atoms with Crippen LogP contribution in [-0.4, -0.2) is 44.1 Å². The summed E-state index contributed by atoms with van der Waals surface area (Å²) in [7, 11) is -1.96. The lowest BCUT2D eigenvalue weighted by Crippen LogP contribution is -2.36. The van der Waals surface area contributed by atoms with Crippen LogP contribution < -0.4 is 15.4 Å². The fourth-order valence-electron chi connectivity index (χ4n) is 3.50. The van der Waals surface area contributed by atoms with Crippen molar-refractivity contribution in [2.75, 3.05) is 25.5 Å². The smallest absolute Gasteiger partial charge is 0.243 e. The van der Waals surface area contributed by atoms with E-state index < -0.39 is 10.0 Å². The van der Waals surface area contributed by atoms with Crippen LogP contribution in [0.2, 0.25) is 0 Å². The molecule has 1 aliphatic rings. The minimum absolute atomic E-state index is 0.160. The van der Waals surface area contributed by atoms with Crippen molar-refractivity contribution in [3.8, 4) is 5.75 Å². The minimum atomic E-state index is -3.51. The van der Waals surface area contributed by atoms with Gasteiger partial charge in [0.15, 0.2) is 5.11 Å². The van der Waals surface area contributed by atoms with Crippen molar-refractivity contribution < 1.29 is 13.2 Å². The van der Waals surface area contributed by atoms with Crippen LogP contribution in [0.25, 0.3) is 0 Å². The van der Waals surface area contributed by atoms with Gasteiger partial charge in [-0.2, -0.15) is 4.31 Å². The van der Waals surface area contributed by atoms with E-state index in [0.29, 0.717) is 29.6 Å². The van der Waals surface area contributed by atoms with Gasteiger partial charge in [0, 0.05) is 19.1 Å². The largest absolute Gasteiger partial charge is 0.495 e. The maximum Gasteiger partial charge on any atom is 0.243 e. The zero-order valence-electron chi connectivity index (χ0n) is 17.4. The molecule has 30 heavy (non-hydrogen) atoms. The molecule has 0 unspecified atom stereocenters. The molecule has 8 heteroatoms. The Morgan fingerprint density at radius 3 is 2.53 bits per heavy atom. The van der Waals surface area contributed by atoms with Gasteiger partial charge in [0.05, 0.1) is 17.7 Å². The molecule has 0 aliphatic carbocycles. The molecule has 1 heterocycles. The van der Waals surface area contributed by atoms with Gasteiger partial charge < -0.3 is 15.4 Å². The first-order chi connectivity index (χ1) is 14.4. The second-order valence-corrected chi connectivity index (χ2v) is 9.84.